The first-order chi connectivity index (χ1) is 5.56. The molecule has 0 aromatic rings. The van der Waals surface area contributed by atoms with Crippen LogP contribution >= 0.6 is 0 Å². The summed E-state index contributed by atoms with van der Waals surface area (Å²) in [4.78, 5) is 8.89. The third kappa shape index (κ3) is 245. The van der Waals surface area contributed by atoms with E-state index in [4.69, 9.17) is 30.3 Å². The summed E-state index contributed by atoms with van der Waals surface area (Å²) in [5, 5.41) is 39.4. The maximum Gasteiger partial charge on any atom is 1.00 e. The zero-order chi connectivity index (χ0) is 10.4. The number of aliphatic carboxylic acids is 1. The first-order valence-electron chi connectivity index (χ1n) is 3.17. The topological polar surface area (TPSA) is 121 Å². The number of aliphatic hydroxyl groups is 4. The van der Waals surface area contributed by atoms with Crippen LogP contribution in [0.5, 0.6) is 0 Å². The zero-order valence-corrected chi connectivity index (χ0v) is 9.93. The second-order valence-corrected chi connectivity index (χ2v) is 1.39. The van der Waals surface area contributed by atoms with Crippen LogP contribution in [-0.2, 0) is 4.79 Å². The van der Waals surface area contributed by atoms with Crippen LogP contribution in [0.2, 0.25) is 0 Å². The fourth-order valence-corrected chi connectivity index (χ4v) is 0. The molecule has 0 aromatic carbocycles. The molecule has 0 aliphatic rings. The Morgan fingerprint density at radius 1 is 1.00 bits per heavy atom. The summed E-state index contributed by atoms with van der Waals surface area (Å²) in [6, 6.07) is 0. The molecular weight excluding hydrogens is 191 g/mol. The predicted molar refractivity (Wildman–Crippen MR) is 39.0 cm³/mol. The number of hydrogen-bond acceptors (Lipinski definition) is 6. The Hall–Kier alpha value is 0.310. The van der Waals surface area contributed by atoms with E-state index >= 15 is 0 Å². The molecule has 4 N–H and O–H groups in total. The molecule has 0 heterocycles. The van der Waals surface area contributed by atoms with Crippen LogP contribution in [0.15, 0.2) is 0 Å². The molecule has 0 saturated heterocycles. The minimum Gasteiger partial charge on any atom is -0.550 e. The molecule has 6 nitrogen and oxygen atoms in total. The molecule has 0 fully saturated rings. The minimum absolute atomic E-state index is 0. The van der Waals surface area contributed by atoms with E-state index in [2.05, 4.69) is 0 Å². The van der Waals surface area contributed by atoms with Gasteiger partial charge < -0.3 is 30.3 Å². The Morgan fingerprint density at radius 3 is 1.08 bits per heavy atom. The third-order valence-electron chi connectivity index (χ3n) is 0.200. The fraction of sp³-hybridized carbons (Fsp3) is 0.833. The molecule has 0 radical (unpaired) electrons. The van der Waals surface area contributed by atoms with Gasteiger partial charge in [-0.25, -0.2) is 0 Å². The fourth-order valence-electron chi connectivity index (χ4n) is 0. The second kappa shape index (κ2) is 29.5. The van der Waals surface area contributed by atoms with Crippen molar-refractivity contribution in [3.63, 3.8) is 0 Å². The Labute approximate surface area is 99.1 Å². The summed E-state index contributed by atoms with van der Waals surface area (Å²) in [5.41, 5.74) is 0. The molecule has 0 saturated carbocycles. The first-order valence-corrected chi connectivity index (χ1v) is 3.17. The van der Waals surface area contributed by atoms with Crippen LogP contribution in [-0.4, -0.2) is 52.8 Å². The van der Waals surface area contributed by atoms with Gasteiger partial charge in [0.2, 0.25) is 0 Å². The largest absolute Gasteiger partial charge is 1.00 e. The van der Waals surface area contributed by atoms with E-state index in [-0.39, 0.29) is 56.0 Å². The van der Waals surface area contributed by atoms with Crippen molar-refractivity contribution in [2.45, 2.75) is 6.92 Å². The van der Waals surface area contributed by atoms with E-state index in [0.717, 1.165) is 6.92 Å². The van der Waals surface area contributed by atoms with Crippen LogP contribution in [0.25, 0.3) is 0 Å². The summed E-state index contributed by atoms with van der Waals surface area (Å²) in [5.74, 6) is -1.08. The van der Waals surface area contributed by atoms with E-state index in [1.807, 2.05) is 0 Å². The van der Waals surface area contributed by atoms with Gasteiger partial charge in [-0.1, -0.05) is 0 Å². The number of rotatable bonds is 2. The third-order valence-corrected chi connectivity index (χ3v) is 0.200. The van der Waals surface area contributed by atoms with E-state index < -0.39 is 5.97 Å². The van der Waals surface area contributed by atoms with Gasteiger partial charge in [0.15, 0.2) is 0 Å². The number of hydrogen-bond donors (Lipinski definition) is 4. The summed E-state index contributed by atoms with van der Waals surface area (Å²) in [6.45, 7) is 0.472. The van der Waals surface area contributed by atoms with Crippen molar-refractivity contribution in [1.29, 1.82) is 0 Å². The van der Waals surface area contributed by atoms with Gasteiger partial charge in [0.05, 0.1) is 26.4 Å². The van der Waals surface area contributed by atoms with Crippen molar-refractivity contribution < 1.29 is 59.9 Å². The van der Waals surface area contributed by atoms with Crippen molar-refractivity contribution in [2.75, 3.05) is 26.4 Å². The molecule has 0 amide bonds. The quantitative estimate of drug-likeness (QED) is 0.333. The number of carboxylic acids is 1. The van der Waals surface area contributed by atoms with E-state index in [1.165, 1.54) is 0 Å². The molecule has 0 aliphatic carbocycles. The molecule has 0 rings (SSSR count). The average Bonchev–Trinajstić information content (AvgIpc) is 2.03. The maximum absolute atomic E-state index is 8.89. The Bertz CT molecular complexity index is 67.5. The van der Waals surface area contributed by atoms with Crippen LogP contribution in [0.3, 0.4) is 0 Å². The Balaban J connectivity index is -0.0000000450. The van der Waals surface area contributed by atoms with Crippen LogP contribution in [0.1, 0.15) is 6.92 Å². The predicted octanol–water partition coefficient (Wildman–Crippen LogP) is -6.30. The van der Waals surface area contributed by atoms with Gasteiger partial charge in [0, 0.05) is 5.97 Å². The second-order valence-electron chi connectivity index (χ2n) is 1.39. The average molecular weight is 206 g/mol. The van der Waals surface area contributed by atoms with Gasteiger partial charge in [0.25, 0.3) is 0 Å². The van der Waals surface area contributed by atoms with Crippen LogP contribution in [0.4, 0.5) is 0 Å². The Morgan fingerprint density at radius 2 is 1.08 bits per heavy atom. The smallest absolute Gasteiger partial charge is 0.550 e. The monoisotopic (exact) mass is 206 g/mol. The van der Waals surface area contributed by atoms with Crippen molar-refractivity contribution in [2.24, 2.45) is 0 Å². The van der Waals surface area contributed by atoms with Gasteiger partial charge in [-0.2, -0.15) is 0 Å². The molecule has 13 heavy (non-hydrogen) atoms. The molecule has 7 heteroatoms. The van der Waals surface area contributed by atoms with E-state index in [9.17, 15) is 0 Å². The standard InChI is InChI=1S/C2H4O2.2C2H6O2.Na/c1-2(3)4;2*3-1-2-4;/h1H3,(H,3,4);2*3-4H,1-2H2;/q;;;+1/p-1. The van der Waals surface area contributed by atoms with Crippen molar-refractivity contribution in [3.05, 3.63) is 0 Å². The van der Waals surface area contributed by atoms with Gasteiger partial charge >= 0.3 is 29.6 Å². The zero-order valence-electron chi connectivity index (χ0n) is 7.93. The molecular formula is C6H15NaO6. The maximum atomic E-state index is 8.89. The molecule has 0 bridgehead atoms. The number of carbonyl (C=O) groups excluding carboxylic acids is 1. The van der Waals surface area contributed by atoms with Crippen LogP contribution < -0.4 is 34.7 Å². The molecule has 0 aromatic heterocycles. The summed E-state index contributed by atoms with van der Waals surface area (Å²) < 4.78 is 0. The first kappa shape index (κ1) is 23.3. The summed E-state index contributed by atoms with van der Waals surface area (Å²) in [6.07, 6.45) is 0. The normalized spacial score (nSPS) is 6.54. The molecule has 76 valence electrons. The summed E-state index contributed by atoms with van der Waals surface area (Å²) >= 11 is 0. The van der Waals surface area contributed by atoms with Gasteiger partial charge in [-0.05, 0) is 6.92 Å². The molecule has 0 atom stereocenters. The van der Waals surface area contributed by atoms with Gasteiger partial charge in [-0.15, -0.1) is 0 Å². The molecule has 0 spiro atoms. The van der Waals surface area contributed by atoms with Crippen molar-refractivity contribution >= 4 is 5.97 Å². The van der Waals surface area contributed by atoms with Gasteiger partial charge in [-0.3, -0.25) is 0 Å². The van der Waals surface area contributed by atoms with Crippen molar-refractivity contribution in [3.8, 4) is 0 Å². The molecule has 0 aliphatic heterocycles. The SMILES string of the molecule is CC(=O)[O-].OCCO.OCCO.[Na+]. The number of carbonyl (C=O) groups is 1. The summed E-state index contributed by atoms with van der Waals surface area (Å²) in [7, 11) is 0. The van der Waals surface area contributed by atoms with Crippen molar-refractivity contribution in [1.82, 2.24) is 0 Å². The van der Waals surface area contributed by atoms with Crippen LogP contribution in [0, 0.1) is 0 Å². The van der Waals surface area contributed by atoms with E-state index in [0.29, 0.717) is 0 Å². The number of carboxylic acid groups (broad SMARTS) is 1. The molecule has 0 unspecified atom stereocenters. The van der Waals surface area contributed by atoms with Gasteiger partial charge in [0.1, 0.15) is 0 Å². The minimum atomic E-state index is -1.08. The Kier molecular flexibility index (Phi) is 52.7. The number of aliphatic hydroxyl groups excluding tert-OH is 4. The van der Waals surface area contributed by atoms with E-state index in [1.54, 1.807) is 0 Å².